The second-order valence-corrected chi connectivity index (χ2v) is 3.13. The molecule has 0 radical (unpaired) electrons. The highest BCUT2D eigenvalue weighted by Crippen LogP contribution is 2.34. The Morgan fingerprint density at radius 2 is 2.12 bits per heavy atom. The Morgan fingerprint density at radius 1 is 1.75 bits per heavy atom. The zero-order valence-corrected chi connectivity index (χ0v) is 5.14. The first-order chi connectivity index (χ1) is 3.42. The van der Waals surface area contributed by atoms with Gasteiger partial charge in [-0.2, -0.15) is 0 Å². The molecule has 0 aromatic heterocycles. The molecule has 8 heavy (non-hydrogen) atoms. The first kappa shape index (κ1) is 7.69. The minimum Gasteiger partial charge on any atom is -0.402 e. The lowest BCUT2D eigenvalue weighted by atomic mass is 10.6. The van der Waals surface area contributed by atoms with Gasteiger partial charge in [0.05, 0.1) is 6.16 Å². The Labute approximate surface area is 47.2 Å². The Kier molecular flexibility index (Phi) is 2.22. The first-order valence-corrected chi connectivity index (χ1v) is 3.69. The fourth-order valence-electron chi connectivity index (χ4n) is 0.265. The van der Waals surface area contributed by atoms with E-state index in [1.807, 2.05) is 0 Å². The fourth-order valence-corrected chi connectivity index (χ4v) is 0.794. The van der Waals surface area contributed by atoms with Crippen LogP contribution >= 0.6 is 7.60 Å². The Hall–Kier alpha value is -0.310. The van der Waals surface area contributed by atoms with Crippen molar-refractivity contribution in [3.05, 3.63) is 12.3 Å². The smallest absolute Gasteiger partial charge is 0.331 e. The van der Waals surface area contributed by atoms with Crippen LogP contribution in [0.4, 0.5) is 0 Å². The van der Waals surface area contributed by atoms with Gasteiger partial charge in [0, 0.05) is 5.70 Å². The van der Waals surface area contributed by atoms with Gasteiger partial charge in [-0.1, -0.05) is 6.58 Å². The molecule has 0 aliphatic heterocycles. The van der Waals surface area contributed by atoms with Crippen LogP contribution in [0.25, 0.3) is 0 Å². The van der Waals surface area contributed by atoms with Crippen molar-refractivity contribution in [3.63, 3.8) is 0 Å². The van der Waals surface area contributed by atoms with Gasteiger partial charge in [0.15, 0.2) is 0 Å². The SMILES string of the molecule is C=C(N)CP(=O)(O)O. The Morgan fingerprint density at radius 3 is 2.12 bits per heavy atom. The summed E-state index contributed by atoms with van der Waals surface area (Å²) in [6.07, 6.45) is -0.424. The minimum atomic E-state index is -3.95. The van der Waals surface area contributed by atoms with E-state index in [0.717, 1.165) is 0 Å². The Bertz CT molecular complexity index is 137. The number of hydrogen-bond donors (Lipinski definition) is 3. The van der Waals surface area contributed by atoms with Crippen LogP contribution in [-0.2, 0) is 4.57 Å². The summed E-state index contributed by atoms with van der Waals surface area (Å²) < 4.78 is 10.00. The summed E-state index contributed by atoms with van der Waals surface area (Å²) >= 11 is 0. The van der Waals surface area contributed by atoms with Crippen molar-refractivity contribution in [3.8, 4) is 0 Å². The van der Waals surface area contributed by atoms with Gasteiger partial charge in [-0.3, -0.25) is 4.57 Å². The third kappa shape index (κ3) is 5.69. The molecular weight excluding hydrogens is 129 g/mol. The van der Waals surface area contributed by atoms with Crippen molar-refractivity contribution in [1.82, 2.24) is 0 Å². The van der Waals surface area contributed by atoms with E-state index in [-0.39, 0.29) is 5.70 Å². The van der Waals surface area contributed by atoms with E-state index < -0.39 is 13.8 Å². The summed E-state index contributed by atoms with van der Waals surface area (Å²) in [7, 11) is -3.95. The van der Waals surface area contributed by atoms with Crippen LogP contribution in [0.2, 0.25) is 0 Å². The zero-order valence-electron chi connectivity index (χ0n) is 4.24. The molecule has 5 heteroatoms. The van der Waals surface area contributed by atoms with Crippen molar-refractivity contribution < 1.29 is 14.4 Å². The number of nitrogens with two attached hydrogens (primary N) is 1. The molecule has 0 fully saturated rings. The van der Waals surface area contributed by atoms with Gasteiger partial charge < -0.3 is 15.5 Å². The van der Waals surface area contributed by atoms with Gasteiger partial charge in [0.25, 0.3) is 0 Å². The van der Waals surface area contributed by atoms with Gasteiger partial charge in [0.1, 0.15) is 0 Å². The average molecular weight is 137 g/mol. The maximum atomic E-state index is 10.00. The van der Waals surface area contributed by atoms with E-state index in [2.05, 4.69) is 6.58 Å². The van der Waals surface area contributed by atoms with Crippen LogP contribution in [0.1, 0.15) is 0 Å². The van der Waals surface area contributed by atoms with Gasteiger partial charge in [-0.05, 0) is 0 Å². The number of allylic oxidation sites excluding steroid dienone is 1. The Balaban J connectivity index is 3.74. The maximum Gasteiger partial charge on any atom is 0.331 e. The highest BCUT2D eigenvalue weighted by molar-refractivity contribution is 7.52. The molecule has 0 rings (SSSR count). The lowest BCUT2D eigenvalue weighted by molar-refractivity contribution is 0.376. The molecule has 48 valence electrons. The summed E-state index contributed by atoms with van der Waals surface area (Å²) in [5.41, 5.74) is 4.90. The molecule has 4 nitrogen and oxygen atoms in total. The molecule has 0 heterocycles. The molecule has 0 aliphatic carbocycles. The molecule has 0 spiro atoms. The quantitative estimate of drug-likeness (QED) is 0.453. The summed E-state index contributed by atoms with van der Waals surface area (Å²) in [5.74, 6) is 0. The third-order valence-electron chi connectivity index (χ3n) is 0.409. The van der Waals surface area contributed by atoms with E-state index in [9.17, 15) is 4.57 Å². The highest BCUT2D eigenvalue weighted by Gasteiger charge is 2.11. The van der Waals surface area contributed by atoms with Crippen LogP contribution in [0.3, 0.4) is 0 Å². The molecule has 0 aliphatic rings. The lowest BCUT2D eigenvalue weighted by Crippen LogP contribution is -2.00. The normalized spacial score (nSPS) is 11.2. The van der Waals surface area contributed by atoms with E-state index >= 15 is 0 Å². The van der Waals surface area contributed by atoms with Crippen LogP contribution in [0.5, 0.6) is 0 Å². The van der Waals surface area contributed by atoms with Crippen molar-refractivity contribution in [2.24, 2.45) is 5.73 Å². The second-order valence-electron chi connectivity index (χ2n) is 1.48. The summed E-state index contributed by atoms with van der Waals surface area (Å²) in [4.78, 5) is 16.3. The second kappa shape index (κ2) is 2.31. The molecular formula is C3H8NO3P. The summed E-state index contributed by atoms with van der Waals surface area (Å²) in [6, 6.07) is 0. The molecule has 4 N–H and O–H groups in total. The van der Waals surface area contributed by atoms with Crippen molar-refractivity contribution >= 4 is 7.60 Å². The van der Waals surface area contributed by atoms with Gasteiger partial charge in [-0.15, -0.1) is 0 Å². The predicted molar refractivity (Wildman–Crippen MR) is 30.2 cm³/mol. The van der Waals surface area contributed by atoms with Crippen molar-refractivity contribution in [2.75, 3.05) is 6.16 Å². The van der Waals surface area contributed by atoms with Crippen LogP contribution in [0.15, 0.2) is 12.3 Å². The largest absolute Gasteiger partial charge is 0.402 e. The number of hydrogen-bond acceptors (Lipinski definition) is 2. The predicted octanol–water partition coefficient (Wildman–Crippen LogP) is -0.363. The van der Waals surface area contributed by atoms with Crippen molar-refractivity contribution in [2.45, 2.75) is 0 Å². The molecule has 0 saturated carbocycles. The van der Waals surface area contributed by atoms with Crippen LogP contribution in [0, 0.1) is 0 Å². The standard InChI is InChI=1S/C3H8NO3P/c1-3(4)2-8(5,6)7/h1-2,4H2,(H2,5,6,7). The molecule has 0 bridgehead atoms. The topological polar surface area (TPSA) is 83.6 Å². The van der Waals surface area contributed by atoms with Gasteiger partial charge >= 0.3 is 7.60 Å². The van der Waals surface area contributed by atoms with E-state index in [0.29, 0.717) is 0 Å². The third-order valence-corrected chi connectivity index (χ3v) is 1.23. The monoisotopic (exact) mass is 137 g/mol. The van der Waals surface area contributed by atoms with Crippen molar-refractivity contribution in [1.29, 1.82) is 0 Å². The minimum absolute atomic E-state index is 0.0123. The van der Waals surface area contributed by atoms with Gasteiger partial charge in [-0.25, -0.2) is 0 Å². The zero-order chi connectivity index (χ0) is 6.78. The molecule has 0 amide bonds. The maximum absolute atomic E-state index is 10.00. The molecule has 0 saturated heterocycles. The van der Waals surface area contributed by atoms with Gasteiger partial charge in [0.2, 0.25) is 0 Å². The molecule has 0 unspecified atom stereocenters. The summed E-state index contributed by atoms with van der Waals surface area (Å²) in [5, 5.41) is 0. The van der Waals surface area contributed by atoms with E-state index in [4.69, 9.17) is 15.5 Å². The average Bonchev–Trinajstić information content (AvgIpc) is 1.21. The van der Waals surface area contributed by atoms with Crippen LogP contribution < -0.4 is 5.73 Å². The van der Waals surface area contributed by atoms with E-state index in [1.54, 1.807) is 0 Å². The first-order valence-electron chi connectivity index (χ1n) is 1.89. The lowest BCUT2D eigenvalue weighted by Gasteiger charge is -1.99. The summed E-state index contributed by atoms with van der Waals surface area (Å²) in [6.45, 7) is 3.13. The van der Waals surface area contributed by atoms with E-state index in [1.165, 1.54) is 0 Å². The fraction of sp³-hybridized carbons (Fsp3) is 0.333. The molecule has 0 atom stereocenters. The highest BCUT2D eigenvalue weighted by atomic mass is 31.2. The molecule has 0 aromatic carbocycles. The molecule has 0 aromatic rings. The van der Waals surface area contributed by atoms with Crippen LogP contribution in [-0.4, -0.2) is 15.9 Å². The number of rotatable bonds is 2.